The average molecular weight is 483 g/mol. The minimum absolute atomic E-state index is 0.0649. The first kappa shape index (κ1) is 18.7. The number of rotatable bonds is 5. The van der Waals surface area contributed by atoms with Crippen LogP contribution in [0.3, 0.4) is 0 Å². The molecule has 1 heterocycles. The highest BCUT2D eigenvalue weighted by molar-refractivity contribution is 14.1. The van der Waals surface area contributed by atoms with Crippen LogP contribution in [0.5, 0.6) is 0 Å². The maximum absolute atomic E-state index is 11.6. The summed E-state index contributed by atoms with van der Waals surface area (Å²) < 4.78 is -0.794. The summed E-state index contributed by atoms with van der Waals surface area (Å²) in [5, 5.41) is 22.1. The van der Waals surface area contributed by atoms with Crippen molar-refractivity contribution in [2.24, 2.45) is 5.84 Å². The molecule has 0 saturated carbocycles. The van der Waals surface area contributed by atoms with Crippen LogP contribution in [0.15, 0.2) is 59.0 Å². The van der Waals surface area contributed by atoms with E-state index in [0.29, 0.717) is 28.3 Å². The lowest BCUT2D eigenvalue weighted by atomic mass is 10.0. The fourth-order valence-corrected chi connectivity index (χ4v) is 4.59. The Labute approximate surface area is 167 Å². The van der Waals surface area contributed by atoms with Crippen molar-refractivity contribution < 1.29 is 14.8 Å². The molecule has 1 unspecified atom stereocenters. The average Bonchev–Trinajstić information content (AvgIpc) is 2.66. The minimum atomic E-state index is -0.978. The fourth-order valence-electron chi connectivity index (χ4n) is 2.68. The van der Waals surface area contributed by atoms with Crippen LogP contribution in [0.1, 0.15) is 5.56 Å². The van der Waals surface area contributed by atoms with Gasteiger partial charge in [0.2, 0.25) is 0 Å². The quantitative estimate of drug-likeness (QED) is 0.220. The first-order chi connectivity index (χ1) is 12.4. The van der Waals surface area contributed by atoms with Gasteiger partial charge in [0, 0.05) is 28.3 Å². The molecule has 7 nitrogen and oxygen atoms in total. The lowest BCUT2D eigenvalue weighted by molar-refractivity contribution is -0.384. The third-order valence-corrected chi connectivity index (χ3v) is 6.32. The molecule has 0 saturated heterocycles. The number of fused-ring (bicyclic) bond motifs is 1. The molecule has 9 heteroatoms. The molecule has 0 bridgehead atoms. The highest BCUT2D eigenvalue weighted by Crippen LogP contribution is 2.43. The lowest BCUT2D eigenvalue weighted by Crippen LogP contribution is -2.34. The summed E-state index contributed by atoms with van der Waals surface area (Å²) in [7, 11) is 0. The van der Waals surface area contributed by atoms with Gasteiger partial charge in [0.1, 0.15) is 3.92 Å². The molecule has 0 spiro atoms. The number of carboxylic acid groups (broad SMARTS) is 1. The number of hydrazine groups is 1. The van der Waals surface area contributed by atoms with Crippen LogP contribution in [-0.4, -0.2) is 25.7 Å². The molecule has 0 aliphatic carbocycles. The Morgan fingerprint density at radius 2 is 2.00 bits per heavy atom. The Bertz CT molecular complexity index is 904. The number of non-ortho nitro benzene ring substituents is 1. The van der Waals surface area contributed by atoms with Gasteiger partial charge < -0.3 is 5.11 Å². The molecule has 134 valence electrons. The number of anilines is 1. The van der Waals surface area contributed by atoms with Gasteiger partial charge in [0.05, 0.1) is 16.3 Å². The standard InChI is InChI=1S/C17H14IN3O4S/c18-15(17(22)23)13-9-26-14-7-6-11(21(24)25)8-12(14)16(13)20(19)10-4-2-1-3-5-10/h1-8,15H,9,19H2,(H,22,23). The lowest BCUT2D eigenvalue weighted by Gasteiger charge is -2.31. The summed E-state index contributed by atoms with van der Waals surface area (Å²) in [6.45, 7) is 0. The first-order valence-electron chi connectivity index (χ1n) is 7.51. The third-order valence-electron chi connectivity index (χ3n) is 3.91. The second kappa shape index (κ2) is 7.64. The van der Waals surface area contributed by atoms with Gasteiger partial charge in [-0.1, -0.05) is 40.8 Å². The molecular formula is C17H14IN3O4S. The van der Waals surface area contributed by atoms with Crippen LogP contribution in [-0.2, 0) is 4.79 Å². The van der Waals surface area contributed by atoms with Gasteiger partial charge in [-0.05, 0) is 23.8 Å². The summed E-state index contributed by atoms with van der Waals surface area (Å²) in [5.74, 6) is 5.81. The number of nitro groups is 1. The number of alkyl halides is 1. The number of hydrogen-bond acceptors (Lipinski definition) is 6. The van der Waals surface area contributed by atoms with Crippen molar-refractivity contribution in [2.45, 2.75) is 8.82 Å². The second-order valence-corrected chi connectivity index (χ2v) is 7.77. The number of halogens is 1. The number of hydrogen-bond donors (Lipinski definition) is 2. The summed E-state index contributed by atoms with van der Waals surface area (Å²) in [6.07, 6.45) is 0. The van der Waals surface area contributed by atoms with Crippen LogP contribution >= 0.6 is 34.4 Å². The van der Waals surface area contributed by atoms with Gasteiger partial charge in [-0.2, -0.15) is 0 Å². The van der Waals surface area contributed by atoms with Crippen molar-refractivity contribution in [1.29, 1.82) is 0 Å². The fraction of sp³-hybridized carbons (Fsp3) is 0.118. The number of nitro benzene ring substituents is 1. The summed E-state index contributed by atoms with van der Waals surface area (Å²) in [4.78, 5) is 23.1. The molecule has 0 fully saturated rings. The van der Waals surface area contributed by atoms with E-state index in [0.717, 1.165) is 4.90 Å². The molecule has 2 aromatic carbocycles. The predicted molar refractivity (Wildman–Crippen MR) is 109 cm³/mol. The zero-order valence-corrected chi connectivity index (χ0v) is 16.3. The van der Waals surface area contributed by atoms with E-state index in [2.05, 4.69) is 0 Å². The molecule has 3 rings (SSSR count). The van der Waals surface area contributed by atoms with E-state index in [4.69, 9.17) is 5.84 Å². The van der Waals surface area contributed by atoms with E-state index >= 15 is 0 Å². The zero-order chi connectivity index (χ0) is 18.8. The number of aliphatic carboxylic acids is 1. The molecule has 26 heavy (non-hydrogen) atoms. The van der Waals surface area contributed by atoms with Crippen molar-refractivity contribution in [1.82, 2.24) is 0 Å². The van der Waals surface area contributed by atoms with Gasteiger partial charge >= 0.3 is 5.97 Å². The number of nitrogens with zero attached hydrogens (tertiary/aromatic N) is 2. The Morgan fingerprint density at radius 1 is 1.31 bits per heavy atom. The van der Waals surface area contributed by atoms with Crippen LogP contribution in [0.25, 0.3) is 5.70 Å². The van der Waals surface area contributed by atoms with E-state index in [-0.39, 0.29) is 5.69 Å². The van der Waals surface area contributed by atoms with Crippen molar-refractivity contribution in [3.8, 4) is 0 Å². The van der Waals surface area contributed by atoms with E-state index in [9.17, 15) is 20.0 Å². The Balaban J connectivity index is 2.22. The SMILES string of the molecule is NN(C1=C(C(I)C(=O)O)CSc2ccc([N+](=O)[O-])cc21)c1ccccc1. The summed E-state index contributed by atoms with van der Waals surface area (Å²) >= 11 is 3.30. The molecule has 1 aliphatic rings. The van der Waals surface area contributed by atoms with Crippen LogP contribution in [0.4, 0.5) is 11.4 Å². The molecule has 0 amide bonds. The molecule has 3 N–H and O–H groups in total. The Morgan fingerprint density at radius 3 is 2.62 bits per heavy atom. The highest BCUT2D eigenvalue weighted by Gasteiger charge is 2.31. The van der Waals surface area contributed by atoms with Crippen LogP contribution in [0, 0.1) is 10.1 Å². The van der Waals surface area contributed by atoms with Crippen molar-refractivity contribution in [3.63, 3.8) is 0 Å². The zero-order valence-electron chi connectivity index (χ0n) is 13.3. The van der Waals surface area contributed by atoms with Gasteiger partial charge in [-0.15, -0.1) is 11.8 Å². The third kappa shape index (κ3) is 3.55. The van der Waals surface area contributed by atoms with Crippen molar-refractivity contribution in [3.05, 3.63) is 69.8 Å². The Hall–Kier alpha value is -2.11. The smallest absolute Gasteiger partial charge is 0.320 e. The van der Waals surface area contributed by atoms with Gasteiger partial charge in [0.25, 0.3) is 5.69 Å². The van der Waals surface area contributed by atoms with E-state index in [1.807, 2.05) is 40.8 Å². The van der Waals surface area contributed by atoms with Crippen molar-refractivity contribution >= 4 is 57.4 Å². The van der Waals surface area contributed by atoms with E-state index < -0.39 is 14.8 Å². The number of benzene rings is 2. The highest BCUT2D eigenvalue weighted by atomic mass is 127. The molecule has 1 aliphatic heterocycles. The van der Waals surface area contributed by atoms with Crippen LogP contribution in [0.2, 0.25) is 0 Å². The molecule has 0 aromatic heterocycles. The Kier molecular flexibility index (Phi) is 5.49. The van der Waals surface area contributed by atoms with Crippen molar-refractivity contribution in [2.75, 3.05) is 10.8 Å². The molecular weight excluding hydrogens is 469 g/mol. The number of carboxylic acids is 1. The summed E-state index contributed by atoms with van der Waals surface area (Å²) in [6, 6.07) is 13.7. The summed E-state index contributed by atoms with van der Waals surface area (Å²) in [5.41, 5.74) is 2.28. The second-order valence-electron chi connectivity index (χ2n) is 5.51. The monoisotopic (exact) mass is 483 g/mol. The molecule has 0 radical (unpaired) electrons. The largest absolute Gasteiger partial charge is 0.480 e. The molecule has 1 atom stereocenters. The minimum Gasteiger partial charge on any atom is -0.480 e. The predicted octanol–water partition coefficient (Wildman–Crippen LogP) is 3.68. The van der Waals surface area contributed by atoms with E-state index in [1.165, 1.54) is 28.9 Å². The number of nitrogens with two attached hydrogens (primary N) is 1. The normalized spacial score (nSPS) is 14.5. The van der Waals surface area contributed by atoms with Gasteiger partial charge in [0.15, 0.2) is 0 Å². The number of carbonyl (C=O) groups is 1. The maximum Gasteiger partial charge on any atom is 0.320 e. The van der Waals surface area contributed by atoms with E-state index in [1.54, 1.807) is 18.2 Å². The van der Waals surface area contributed by atoms with Gasteiger partial charge in [-0.3, -0.25) is 19.9 Å². The number of thioether (sulfide) groups is 1. The van der Waals surface area contributed by atoms with Gasteiger partial charge in [-0.25, -0.2) is 5.84 Å². The van der Waals surface area contributed by atoms with Crippen LogP contribution < -0.4 is 10.9 Å². The molecule has 2 aromatic rings. The first-order valence-corrected chi connectivity index (χ1v) is 9.74. The topological polar surface area (TPSA) is 110 Å². The number of para-hydroxylation sites is 1. The maximum atomic E-state index is 11.6.